The highest BCUT2D eigenvalue weighted by atomic mass is 19.1. The van der Waals surface area contributed by atoms with Crippen LogP contribution in [0.4, 0.5) is 10.1 Å². The number of anilines is 1. The summed E-state index contributed by atoms with van der Waals surface area (Å²) in [5.74, 6) is 0.763. The zero-order valence-corrected chi connectivity index (χ0v) is 14.4. The molecule has 1 aliphatic heterocycles. The standard InChI is InChI=1S/C20H23FN2O2/c1-15-2-8-19(9-3-15)25-14-20(24)22-12-16-10-11-23(13-16)18-6-4-17(21)5-7-18/h2-9,16H,10-14H2,1H3,(H,22,24). The number of rotatable bonds is 6. The van der Waals surface area contributed by atoms with Gasteiger partial charge in [0.1, 0.15) is 11.6 Å². The van der Waals surface area contributed by atoms with Crippen molar-refractivity contribution >= 4 is 11.6 Å². The smallest absolute Gasteiger partial charge is 0.257 e. The first-order valence-corrected chi connectivity index (χ1v) is 8.57. The summed E-state index contributed by atoms with van der Waals surface area (Å²) in [7, 11) is 0. The molecule has 132 valence electrons. The molecule has 5 heteroatoms. The van der Waals surface area contributed by atoms with Crippen LogP contribution in [0, 0.1) is 18.7 Å². The fourth-order valence-electron chi connectivity index (χ4n) is 2.98. The molecule has 0 spiro atoms. The molecule has 1 saturated heterocycles. The number of amides is 1. The highest BCUT2D eigenvalue weighted by molar-refractivity contribution is 5.77. The van der Waals surface area contributed by atoms with Gasteiger partial charge in [0.2, 0.25) is 0 Å². The van der Waals surface area contributed by atoms with Crippen LogP contribution in [0.1, 0.15) is 12.0 Å². The van der Waals surface area contributed by atoms with Crippen molar-refractivity contribution in [2.75, 3.05) is 31.1 Å². The lowest BCUT2D eigenvalue weighted by atomic mass is 10.1. The summed E-state index contributed by atoms with van der Waals surface area (Å²) in [6.07, 6.45) is 1.01. The Labute approximate surface area is 147 Å². The Balaban J connectivity index is 1.39. The van der Waals surface area contributed by atoms with Gasteiger partial charge in [-0.15, -0.1) is 0 Å². The third-order valence-corrected chi connectivity index (χ3v) is 4.46. The minimum atomic E-state index is -0.222. The molecule has 3 rings (SSSR count). The number of carbonyl (C=O) groups is 1. The van der Waals surface area contributed by atoms with Crippen molar-refractivity contribution in [1.82, 2.24) is 5.32 Å². The van der Waals surface area contributed by atoms with Crippen LogP contribution in [0.25, 0.3) is 0 Å². The monoisotopic (exact) mass is 342 g/mol. The van der Waals surface area contributed by atoms with Crippen LogP contribution >= 0.6 is 0 Å². The molecule has 0 bridgehead atoms. The van der Waals surface area contributed by atoms with Gasteiger partial charge in [0.15, 0.2) is 6.61 Å². The topological polar surface area (TPSA) is 41.6 Å². The molecule has 1 unspecified atom stereocenters. The number of benzene rings is 2. The van der Waals surface area contributed by atoms with E-state index < -0.39 is 0 Å². The summed E-state index contributed by atoms with van der Waals surface area (Å²) in [4.78, 5) is 14.2. The molecule has 1 fully saturated rings. The van der Waals surface area contributed by atoms with Gasteiger partial charge in [0.25, 0.3) is 5.91 Å². The van der Waals surface area contributed by atoms with Gasteiger partial charge in [0, 0.05) is 25.3 Å². The lowest BCUT2D eigenvalue weighted by Crippen LogP contribution is -2.34. The van der Waals surface area contributed by atoms with E-state index >= 15 is 0 Å². The normalized spacial score (nSPS) is 16.7. The molecule has 1 atom stereocenters. The summed E-state index contributed by atoms with van der Waals surface area (Å²) < 4.78 is 18.5. The Kier molecular flexibility index (Phi) is 5.53. The molecular formula is C20H23FN2O2. The summed E-state index contributed by atoms with van der Waals surface area (Å²) in [5, 5.41) is 2.94. The predicted molar refractivity (Wildman–Crippen MR) is 96.4 cm³/mol. The van der Waals surface area contributed by atoms with Gasteiger partial charge in [-0.1, -0.05) is 17.7 Å². The van der Waals surface area contributed by atoms with Crippen LogP contribution in [0.5, 0.6) is 5.75 Å². The van der Waals surface area contributed by atoms with E-state index in [1.165, 1.54) is 12.1 Å². The third-order valence-electron chi connectivity index (χ3n) is 4.46. The first-order chi connectivity index (χ1) is 12.1. The summed E-state index contributed by atoms with van der Waals surface area (Å²) in [5.41, 5.74) is 2.18. The maximum absolute atomic E-state index is 13.0. The fourth-order valence-corrected chi connectivity index (χ4v) is 2.98. The maximum atomic E-state index is 13.0. The number of nitrogens with zero attached hydrogens (tertiary/aromatic N) is 1. The Morgan fingerprint density at radius 3 is 2.64 bits per heavy atom. The van der Waals surface area contributed by atoms with Crippen molar-refractivity contribution in [3.05, 3.63) is 59.9 Å². The Hall–Kier alpha value is -2.56. The van der Waals surface area contributed by atoms with Gasteiger partial charge in [-0.2, -0.15) is 0 Å². The average Bonchev–Trinajstić information content (AvgIpc) is 3.09. The van der Waals surface area contributed by atoms with Crippen LogP contribution < -0.4 is 15.0 Å². The quantitative estimate of drug-likeness (QED) is 0.877. The van der Waals surface area contributed by atoms with Crippen LogP contribution in [0.15, 0.2) is 48.5 Å². The third kappa shape index (κ3) is 4.95. The molecule has 1 aliphatic rings. The van der Waals surface area contributed by atoms with Crippen LogP contribution in [-0.2, 0) is 4.79 Å². The highest BCUT2D eigenvalue weighted by Gasteiger charge is 2.23. The molecular weight excluding hydrogens is 319 g/mol. The van der Waals surface area contributed by atoms with Gasteiger partial charge in [-0.25, -0.2) is 4.39 Å². The van der Waals surface area contributed by atoms with Gasteiger partial charge >= 0.3 is 0 Å². The minimum Gasteiger partial charge on any atom is -0.484 e. The number of ether oxygens (including phenoxy) is 1. The first kappa shape index (κ1) is 17.3. The van der Waals surface area contributed by atoms with Crippen LogP contribution in [-0.4, -0.2) is 32.1 Å². The zero-order chi connectivity index (χ0) is 17.6. The van der Waals surface area contributed by atoms with E-state index in [-0.39, 0.29) is 18.3 Å². The molecule has 0 radical (unpaired) electrons. The van der Waals surface area contributed by atoms with Crippen LogP contribution in [0.2, 0.25) is 0 Å². The molecule has 1 heterocycles. The van der Waals surface area contributed by atoms with Crippen molar-refractivity contribution < 1.29 is 13.9 Å². The molecule has 4 nitrogen and oxygen atoms in total. The molecule has 1 amide bonds. The predicted octanol–water partition coefficient (Wildman–Crippen LogP) is 3.16. The second-order valence-corrected chi connectivity index (χ2v) is 6.48. The van der Waals surface area contributed by atoms with Crippen molar-refractivity contribution in [3.8, 4) is 5.75 Å². The van der Waals surface area contributed by atoms with E-state index in [1.54, 1.807) is 12.1 Å². The summed E-state index contributed by atoms with van der Waals surface area (Å²) in [6.45, 7) is 4.45. The molecule has 2 aromatic carbocycles. The number of carbonyl (C=O) groups excluding carboxylic acids is 1. The van der Waals surface area contributed by atoms with E-state index in [9.17, 15) is 9.18 Å². The van der Waals surface area contributed by atoms with Crippen molar-refractivity contribution in [1.29, 1.82) is 0 Å². The molecule has 2 aromatic rings. The van der Waals surface area contributed by atoms with Gasteiger partial charge < -0.3 is 15.0 Å². The second-order valence-electron chi connectivity index (χ2n) is 6.48. The van der Waals surface area contributed by atoms with Gasteiger partial charge in [-0.05, 0) is 55.7 Å². The molecule has 1 N–H and O–H groups in total. The van der Waals surface area contributed by atoms with E-state index in [4.69, 9.17) is 4.74 Å². The number of hydrogen-bond acceptors (Lipinski definition) is 3. The molecule has 0 saturated carbocycles. The molecule has 25 heavy (non-hydrogen) atoms. The fraction of sp³-hybridized carbons (Fsp3) is 0.350. The Bertz CT molecular complexity index is 701. The highest BCUT2D eigenvalue weighted by Crippen LogP contribution is 2.23. The number of nitrogens with one attached hydrogen (secondary N) is 1. The number of hydrogen-bond donors (Lipinski definition) is 1. The average molecular weight is 342 g/mol. The van der Waals surface area contributed by atoms with Crippen LogP contribution in [0.3, 0.4) is 0 Å². The number of aryl methyl sites for hydroxylation is 1. The second kappa shape index (κ2) is 8.01. The van der Waals surface area contributed by atoms with Crippen molar-refractivity contribution in [2.24, 2.45) is 5.92 Å². The summed E-state index contributed by atoms with van der Waals surface area (Å²) in [6, 6.07) is 14.2. The lowest BCUT2D eigenvalue weighted by Gasteiger charge is -2.18. The maximum Gasteiger partial charge on any atom is 0.257 e. The van der Waals surface area contributed by atoms with E-state index in [0.29, 0.717) is 18.2 Å². The van der Waals surface area contributed by atoms with Gasteiger partial charge in [-0.3, -0.25) is 4.79 Å². The Morgan fingerprint density at radius 1 is 1.20 bits per heavy atom. The minimum absolute atomic E-state index is 0.0253. The summed E-state index contributed by atoms with van der Waals surface area (Å²) >= 11 is 0. The van der Waals surface area contributed by atoms with Crippen molar-refractivity contribution in [2.45, 2.75) is 13.3 Å². The zero-order valence-electron chi connectivity index (χ0n) is 14.4. The molecule has 0 aliphatic carbocycles. The molecule has 0 aromatic heterocycles. The largest absolute Gasteiger partial charge is 0.484 e. The SMILES string of the molecule is Cc1ccc(OCC(=O)NCC2CCN(c3ccc(F)cc3)C2)cc1. The van der Waals surface area contributed by atoms with E-state index in [0.717, 1.165) is 30.8 Å². The number of halogens is 1. The Morgan fingerprint density at radius 2 is 1.92 bits per heavy atom. The van der Waals surface area contributed by atoms with Gasteiger partial charge in [0.05, 0.1) is 0 Å². The van der Waals surface area contributed by atoms with E-state index in [1.807, 2.05) is 31.2 Å². The first-order valence-electron chi connectivity index (χ1n) is 8.57. The lowest BCUT2D eigenvalue weighted by molar-refractivity contribution is -0.123. The van der Waals surface area contributed by atoms with E-state index in [2.05, 4.69) is 10.2 Å². The van der Waals surface area contributed by atoms with Crippen molar-refractivity contribution in [3.63, 3.8) is 0 Å².